The van der Waals surface area contributed by atoms with Gasteiger partial charge >= 0.3 is 0 Å². The molecule has 0 aromatic heterocycles. The van der Waals surface area contributed by atoms with E-state index in [0.717, 1.165) is 18.7 Å². The third kappa shape index (κ3) is 3.15. The van der Waals surface area contributed by atoms with Crippen molar-refractivity contribution in [2.45, 2.75) is 37.6 Å². The Balaban J connectivity index is 2.17. The molecule has 1 aliphatic heterocycles. The lowest BCUT2D eigenvalue weighted by molar-refractivity contribution is 0.579. The summed E-state index contributed by atoms with van der Waals surface area (Å²) in [4.78, 5) is 2.73. The number of anilines is 1. The van der Waals surface area contributed by atoms with Crippen LogP contribution in [0.1, 0.15) is 26.7 Å². The highest BCUT2D eigenvalue weighted by atomic mass is 32.2. The van der Waals surface area contributed by atoms with Crippen LogP contribution in [0.15, 0.2) is 29.2 Å². The van der Waals surface area contributed by atoms with Crippen molar-refractivity contribution < 1.29 is 8.42 Å². The van der Waals surface area contributed by atoms with Crippen LogP contribution in [-0.2, 0) is 9.84 Å². The van der Waals surface area contributed by atoms with Gasteiger partial charge in [-0.15, -0.1) is 0 Å². The van der Waals surface area contributed by atoms with Gasteiger partial charge in [0.2, 0.25) is 0 Å². The molecule has 2 unspecified atom stereocenters. The van der Waals surface area contributed by atoms with Crippen LogP contribution in [-0.4, -0.2) is 33.3 Å². The van der Waals surface area contributed by atoms with Crippen LogP contribution in [0.5, 0.6) is 0 Å². The second-order valence-electron chi connectivity index (χ2n) is 5.65. The van der Waals surface area contributed by atoms with Crippen molar-refractivity contribution in [2.75, 3.05) is 23.7 Å². The number of nitrogens with zero attached hydrogens (tertiary/aromatic N) is 1. The van der Waals surface area contributed by atoms with E-state index in [2.05, 4.69) is 11.8 Å². The summed E-state index contributed by atoms with van der Waals surface area (Å²) in [7, 11) is -3.12. The van der Waals surface area contributed by atoms with E-state index in [1.165, 1.54) is 0 Å². The van der Waals surface area contributed by atoms with Crippen molar-refractivity contribution in [1.82, 2.24) is 0 Å². The van der Waals surface area contributed by atoms with Crippen LogP contribution in [0.25, 0.3) is 0 Å². The molecule has 1 aromatic carbocycles. The van der Waals surface area contributed by atoms with Crippen LogP contribution in [0, 0.1) is 5.92 Å². The van der Waals surface area contributed by atoms with E-state index in [4.69, 9.17) is 5.73 Å². The minimum absolute atomic E-state index is 0.210. The maximum atomic E-state index is 12.0. The highest BCUT2D eigenvalue weighted by Crippen LogP contribution is 2.29. The molecular formula is C15H24N2O2S. The summed E-state index contributed by atoms with van der Waals surface area (Å²) in [6.07, 6.45) is 1.75. The fraction of sp³-hybridized carbons (Fsp3) is 0.600. The molecule has 4 nitrogen and oxygen atoms in total. The van der Waals surface area contributed by atoms with Crippen LogP contribution in [0.4, 0.5) is 5.69 Å². The molecule has 1 aromatic rings. The molecule has 0 amide bonds. The zero-order valence-corrected chi connectivity index (χ0v) is 13.1. The Bertz CT molecular complexity index is 539. The Morgan fingerprint density at radius 2 is 1.95 bits per heavy atom. The average Bonchev–Trinajstić information content (AvgIpc) is 2.80. The lowest BCUT2D eigenvalue weighted by Gasteiger charge is -2.24. The second-order valence-corrected chi connectivity index (χ2v) is 7.76. The summed E-state index contributed by atoms with van der Waals surface area (Å²) in [5, 5.41) is 0. The van der Waals surface area contributed by atoms with Crippen molar-refractivity contribution >= 4 is 15.5 Å². The monoisotopic (exact) mass is 296 g/mol. The quantitative estimate of drug-likeness (QED) is 0.903. The van der Waals surface area contributed by atoms with Gasteiger partial charge in [-0.2, -0.15) is 0 Å². The molecule has 2 atom stereocenters. The lowest BCUT2D eigenvalue weighted by Crippen LogP contribution is -2.27. The standard InChI is InChI=1S/C15H24N2O2S/c1-3-8-20(18,19)15-6-4-14(5-7-15)17-11-13(10-16)9-12(17)2/h4-7,12-13H,3,8-11,16H2,1-2H3. The van der Waals surface area contributed by atoms with Crippen molar-refractivity contribution in [3.8, 4) is 0 Å². The molecule has 5 heteroatoms. The number of benzene rings is 1. The van der Waals surface area contributed by atoms with Gasteiger partial charge in [0.1, 0.15) is 0 Å². The summed E-state index contributed by atoms with van der Waals surface area (Å²) in [5.74, 6) is 0.746. The molecule has 0 bridgehead atoms. The predicted octanol–water partition coefficient (Wildman–Crippen LogP) is 2.04. The van der Waals surface area contributed by atoms with Gasteiger partial charge in [-0.3, -0.25) is 0 Å². The molecule has 0 aliphatic carbocycles. The van der Waals surface area contributed by atoms with E-state index < -0.39 is 9.84 Å². The molecule has 2 rings (SSSR count). The number of sulfone groups is 1. The first-order chi connectivity index (χ1) is 9.47. The smallest absolute Gasteiger partial charge is 0.178 e. The Hall–Kier alpha value is -1.07. The second kappa shape index (κ2) is 6.14. The summed E-state index contributed by atoms with van der Waals surface area (Å²) in [6, 6.07) is 7.74. The molecule has 1 saturated heterocycles. The van der Waals surface area contributed by atoms with Gasteiger partial charge in [-0.25, -0.2) is 8.42 Å². The van der Waals surface area contributed by atoms with Gasteiger partial charge < -0.3 is 10.6 Å². The van der Waals surface area contributed by atoms with Gasteiger partial charge in [0, 0.05) is 18.3 Å². The molecule has 1 fully saturated rings. The van der Waals surface area contributed by atoms with E-state index in [0.29, 0.717) is 29.8 Å². The minimum Gasteiger partial charge on any atom is -0.368 e. The normalized spacial score (nSPS) is 23.2. The molecule has 0 radical (unpaired) electrons. The Morgan fingerprint density at radius 1 is 1.30 bits per heavy atom. The zero-order valence-electron chi connectivity index (χ0n) is 12.2. The molecule has 0 saturated carbocycles. The van der Waals surface area contributed by atoms with Gasteiger partial charge in [0.25, 0.3) is 0 Å². The molecule has 112 valence electrons. The highest BCUT2D eigenvalue weighted by molar-refractivity contribution is 7.91. The Kier molecular flexibility index (Phi) is 4.70. The van der Waals surface area contributed by atoms with Gasteiger partial charge in [0.15, 0.2) is 9.84 Å². The summed E-state index contributed by atoms with van der Waals surface area (Å²) >= 11 is 0. The SMILES string of the molecule is CCCS(=O)(=O)c1ccc(N2CC(CN)CC2C)cc1. The van der Waals surface area contributed by atoms with Crippen molar-refractivity contribution in [3.63, 3.8) is 0 Å². The van der Waals surface area contributed by atoms with E-state index in [-0.39, 0.29) is 5.75 Å². The molecule has 1 aliphatic rings. The first-order valence-electron chi connectivity index (χ1n) is 7.27. The largest absolute Gasteiger partial charge is 0.368 e. The number of nitrogens with two attached hydrogens (primary N) is 1. The first kappa shape index (κ1) is 15.3. The van der Waals surface area contributed by atoms with Crippen LogP contribution < -0.4 is 10.6 Å². The maximum absolute atomic E-state index is 12.0. The molecular weight excluding hydrogens is 272 g/mol. The molecule has 20 heavy (non-hydrogen) atoms. The molecule has 1 heterocycles. The van der Waals surface area contributed by atoms with Crippen molar-refractivity contribution in [3.05, 3.63) is 24.3 Å². The highest BCUT2D eigenvalue weighted by Gasteiger charge is 2.28. The first-order valence-corrected chi connectivity index (χ1v) is 8.92. The number of hydrogen-bond donors (Lipinski definition) is 1. The summed E-state index contributed by atoms with van der Waals surface area (Å²) < 4.78 is 24.0. The maximum Gasteiger partial charge on any atom is 0.178 e. The third-order valence-corrected chi connectivity index (χ3v) is 5.93. The van der Waals surface area contributed by atoms with Crippen LogP contribution >= 0.6 is 0 Å². The number of hydrogen-bond acceptors (Lipinski definition) is 4. The summed E-state index contributed by atoms with van der Waals surface area (Å²) in [6.45, 7) is 5.74. The van der Waals surface area contributed by atoms with E-state index in [9.17, 15) is 8.42 Å². The predicted molar refractivity (Wildman–Crippen MR) is 82.8 cm³/mol. The topological polar surface area (TPSA) is 63.4 Å². The molecule has 2 N–H and O–H groups in total. The van der Waals surface area contributed by atoms with Crippen molar-refractivity contribution in [1.29, 1.82) is 0 Å². The average molecular weight is 296 g/mol. The van der Waals surface area contributed by atoms with Crippen LogP contribution in [0.3, 0.4) is 0 Å². The van der Waals surface area contributed by atoms with Gasteiger partial charge in [-0.1, -0.05) is 6.92 Å². The van der Waals surface area contributed by atoms with Crippen molar-refractivity contribution in [2.24, 2.45) is 11.7 Å². The van der Waals surface area contributed by atoms with E-state index >= 15 is 0 Å². The molecule has 0 spiro atoms. The number of rotatable bonds is 5. The van der Waals surface area contributed by atoms with Gasteiger partial charge in [0.05, 0.1) is 10.6 Å². The fourth-order valence-corrected chi connectivity index (χ4v) is 4.23. The zero-order chi connectivity index (χ0) is 14.8. The lowest BCUT2D eigenvalue weighted by atomic mass is 10.1. The van der Waals surface area contributed by atoms with Gasteiger partial charge in [-0.05, 0) is 56.5 Å². The fourth-order valence-electron chi connectivity index (χ4n) is 2.90. The summed E-state index contributed by atoms with van der Waals surface area (Å²) in [5.41, 5.74) is 6.83. The Morgan fingerprint density at radius 3 is 2.45 bits per heavy atom. The third-order valence-electron chi connectivity index (χ3n) is 4.00. The minimum atomic E-state index is -3.12. The Labute approximate surface area is 121 Å². The van der Waals surface area contributed by atoms with E-state index in [1.54, 1.807) is 12.1 Å². The van der Waals surface area contributed by atoms with Crippen LogP contribution in [0.2, 0.25) is 0 Å². The van der Waals surface area contributed by atoms with E-state index in [1.807, 2.05) is 19.1 Å².